The summed E-state index contributed by atoms with van der Waals surface area (Å²) in [6.07, 6.45) is 4.95. The zero-order chi connectivity index (χ0) is 30.8. The van der Waals surface area contributed by atoms with E-state index in [2.05, 4.69) is 36.0 Å². The van der Waals surface area contributed by atoms with Crippen molar-refractivity contribution in [2.45, 2.75) is 88.2 Å². The van der Waals surface area contributed by atoms with Crippen LogP contribution in [0.1, 0.15) is 52.5 Å². The molecule has 0 aromatic heterocycles. The maximum absolute atomic E-state index is 14.6. The number of fused-ring (bicyclic) bond motifs is 1. The van der Waals surface area contributed by atoms with E-state index in [1.54, 1.807) is 26.9 Å². The van der Waals surface area contributed by atoms with Gasteiger partial charge in [0.25, 0.3) is 0 Å². The van der Waals surface area contributed by atoms with Crippen LogP contribution in [0, 0.1) is 17.8 Å². The third-order valence-electron chi connectivity index (χ3n) is 9.28. The predicted molar refractivity (Wildman–Crippen MR) is 167 cm³/mol. The molecular formula is C33H46BrN3O5. The summed E-state index contributed by atoms with van der Waals surface area (Å²) in [5, 5.41) is 10.5. The lowest BCUT2D eigenvalue weighted by atomic mass is 9.70. The van der Waals surface area contributed by atoms with E-state index in [0.717, 1.165) is 18.4 Å². The van der Waals surface area contributed by atoms with Crippen LogP contribution in [0.4, 0.5) is 0 Å². The Balaban J connectivity index is 1.80. The Morgan fingerprint density at radius 2 is 1.83 bits per heavy atom. The van der Waals surface area contributed by atoms with Gasteiger partial charge in [0.2, 0.25) is 17.7 Å². The summed E-state index contributed by atoms with van der Waals surface area (Å²) in [5.74, 6) is -2.42. The molecule has 230 valence electrons. The fourth-order valence-electron chi connectivity index (χ4n) is 7.37. The molecule has 8 nitrogen and oxygen atoms in total. The molecule has 3 amide bonds. The topological polar surface area (TPSA) is 90.4 Å². The van der Waals surface area contributed by atoms with Gasteiger partial charge in [0.1, 0.15) is 11.6 Å². The summed E-state index contributed by atoms with van der Waals surface area (Å²) in [6, 6.07) is 8.08. The van der Waals surface area contributed by atoms with Gasteiger partial charge in [0, 0.05) is 30.5 Å². The molecule has 4 rings (SSSR count). The highest BCUT2D eigenvalue weighted by Crippen LogP contribution is 2.61. The van der Waals surface area contributed by atoms with Crippen molar-refractivity contribution in [2.24, 2.45) is 17.8 Å². The van der Waals surface area contributed by atoms with E-state index in [1.165, 1.54) is 0 Å². The summed E-state index contributed by atoms with van der Waals surface area (Å²) in [6.45, 7) is 16.4. The molecule has 2 bridgehead atoms. The van der Waals surface area contributed by atoms with Crippen LogP contribution in [-0.2, 0) is 25.7 Å². The van der Waals surface area contributed by atoms with Gasteiger partial charge in [0.05, 0.1) is 30.6 Å². The lowest BCUT2D eigenvalue weighted by Crippen LogP contribution is -2.61. The Labute approximate surface area is 258 Å². The smallest absolute Gasteiger partial charge is 0.248 e. The van der Waals surface area contributed by atoms with Gasteiger partial charge in [0.15, 0.2) is 0 Å². The van der Waals surface area contributed by atoms with Crippen LogP contribution in [0.25, 0.3) is 0 Å². The Morgan fingerprint density at radius 3 is 2.40 bits per heavy atom. The van der Waals surface area contributed by atoms with E-state index in [-0.39, 0.29) is 41.1 Å². The highest BCUT2D eigenvalue weighted by molar-refractivity contribution is 9.09. The molecule has 3 aliphatic heterocycles. The monoisotopic (exact) mass is 643 g/mol. The number of hydrogen-bond acceptors (Lipinski definition) is 5. The van der Waals surface area contributed by atoms with Crippen molar-refractivity contribution in [3.05, 3.63) is 61.2 Å². The third kappa shape index (κ3) is 5.60. The summed E-state index contributed by atoms with van der Waals surface area (Å²) in [7, 11) is 0. The molecule has 0 aliphatic carbocycles. The molecule has 0 radical (unpaired) electrons. The van der Waals surface area contributed by atoms with Crippen LogP contribution >= 0.6 is 15.9 Å². The summed E-state index contributed by atoms with van der Waals surface area (Å²) < 4.78 is 6.75. The third-order valence-corrected chi connectivity index (χ3v) is 10.1. The molecule has 1 spiro atoms. The molecule has 42 heavy (non-hydrogen) atoms. The maximum Gasteiger partial charge on any atom is 0.248 e. The molecule has 8 atom stereocenters. The first-order valence-corrected chi connectivity index (χ1v) is 16.1. The Bertz CT molecular complexity index is 1160. The highest BCUT2D eigenvalue weighted by atomic mass is 79.9. The van der Waals surface area contributed by atoms with E-state index >= 15 is 0 Å². The Kier molecular flexibility index (Phi) is 10.4. The normalized spacial score (nSPS) is 29.4. The highest BCUT2D eigenvalue weighted by Gasteiger charge is 2.77. The first-order valence-electron chi connectivity index (χ1n) is 15.2. The van der Waals surface area contributed by atoms with Crippen LogP contribution in [0.2, 0.25) is 0 Å². The van der Waals surface area contributed by atoms with Crippen LogP contribution in [0.3, 0.4) is 0 Å². The zero-order valence-corrected chi connectivity index (χ0v) is 26.9. The van der Waals surface area contributed by atoms with Crippen molar-refractivity contribution < 1.29 is 24.2 Å². The number of amides is 3. The summed E-state index contributed by atoms with van der Waals surface area (Å²) in [5.41, 5.74) is -0.215. The minimum atomic E-state index is -1.19. The molecule has 3 aliphatic rings. The van der Waals surface area contributed by atoms with Crippen molar-refractivity contribution in [2.75, 3.05) is 19.7 Å². The van der Waals surface area contributed by atoms with Gasteiger partial charge in [-0.2, -0.15) is 0 Å². The largest absolute Gasteiger partial charge is 0.394 e. The molecule has 3 saturated heterocycles. The number of nitrogens with zero attached hydrogens (tertiary/aromatic N) is 3. The number of aliphatic hydroxyl groups is 1. The minimum Gasteiger partial charge on any atom is -0.394 e. The lowest BCUT2D eigenvalue weighted by molar-refractivity contribution is -0.154. The van der Waals surface area contributed by atoms with E-state index in [0.29, 0.717) is 26.1 Å². The Hall–Kier alpha value is -2.49. The average Bonchev–Trinajstić information content (AvgIpc) is 3.55. The van der Waals surface area contributed by atoms with Crippen LogP contribution in [0.5, 0.6) is 0 Å². The number of carbonyl (C=O) groups excluding carboxylic acids is 3. The maximum atomic E-state index is 14.6. The van der Waals surface area contributed by atoms with Crippen molar-refractivity contribution in [3.8, 4) is 0 Å². The molecule has 0 saturated carbocycles. The van der Waals surface area contributed by atoms with Gasteiger partial charge in [-0.15, -0.1) is 13.2 Å². The number of likely N-dealkylation sites (tertiary alicyclic amines) is 1. The number of halogens is 1. The van der Waals surface area contributed by atoms with Crippen molar-refractivity contribution in [1.29, 1.82) is 0 Å². The number of ether oxygens (including phenoxy) is 1. The molecule has 4 unspecified atom stereocenters. The SMILES string of the molecule is C=CCN(Cc1ccccc1)C(=O)[C@H]1[C@H]2C(=O)N([C@@H](CO)C(C)C)C(C(=O)N(CC=C)C(C)CCC)C23CC(Br)[C@@H]1O3. The summed E-state index contributed by atoms with van der Waals surface area (Å²) in [4.78, 5) is 48.5. The van der Waals surface area contributed by atoms with Gasteiger partial charge in [-0.3, -0.25) is 14.4 Å². The van der Waals surface area contributed by atoms with E-state index < -0.39 is 35.6 Å². The number of hydrogen-bond donors (Lipinski definition) is 1. The average molecular weight is 645 g/mol. The number of benzene rings is 1. The second-order valence-electron chi connectivity index (χ2n) is 12.3. The second-order valence-corrected chi connectivity index (χ2v) is 13.5. The fourth-order valence-corrected chi connectivity index (χ4v) is 8.31. The van der Waals surface area contributed by atoms with E-state index in [1.807, 2.05) is 51.1 Å². The molecule has 3 fully saturated rings. The molecule has 1 aromatic rings. The van der Waals surface area contributed by atoms with E-state index in [9.17, 15) is 19.5 Å². The fraction of sp³-hybridized carbons (Fsp3) is 0.606. The molecule has 9 heteroatoms. The Morgan fingerprint density at radius 1 is 1.17 bits per heavy atom. The quantitative estimate of drug-likeness (QED) is 0.243. The molecule has 1 N–H and O–H groups in total. The number of rotatable bonds is 14. The van der Waals surface area contributed by atoms with Gasteiger partial charge < -0.3 is 24.5 Å². The van der Waals surface area contributed by atoms with Crippen molar-refractivity contribution in [3.63, 3.8) is 0 Å². The molecule has 3 heterocycles. The van der Waals surface area contributed by atoms with Crippen LogP contribution in [0.15, 0.2) is 55.6 Å². The van der Waals surface area contributed by atoms with Gasteiger partial charge in [-0.05, 0) is 31.2 Å². The first kappa shape index (κ1) is 32.4. The predicted octanol–water partition coefficient (Wildman–Crippen LogP) is 4.17. The van der Waals surface area contributed by atoms with E-state index in [4.69, 9.17) is 4.74 Å². The standard InChI is InChI=1S/C33H46BrN3O5/c1-7-13-22(6)36(17-9-3)32(41)29-33-18-24(34)28(42-33)26(27(33)31(40)37(29)25(20-38)21(4)5)30(39)35(16-8-2)19-23-14-11-10-12-15-23/h8-12,14-15,21-22,24-29,38H,2-3,7,13,16-20H2,1,4-6H3/t22?,24?,25-,26-,27-,28-,29?,33?/m0/s1. The first-order chi connectivity index (χ1) is 20.1. The van der Waals surface area contributed by atoms with Gasteiger partial charge in [-0.25, -0.2) is 0 Å². The zero-order valence-electron chi connectivity index (χ0n) is 25.3. The van der Waals surface area contributed by atoms with Crippen LogP contribution < -0.4 is 0 Å². The summed E-state index contributed by atoms with van der Waals surface area (Å²) >= 11 is 3.78. The molecular weight excluding hydrogens is 598 g/mol. The number of alkyl halides is 1. The van der Waals surface area contributed by atoms with Gasteiger partial charge >= 0.3 is 0 Å². The lowest BCUT2D eigenvalue weighted by Gasteiger charge is -2.42. The number of carbonyl (C=O) groups is 3. The molecule has 1 aromatic carbocycles. The van der Waals surface area contributed by atoms with Crippen molar-refractivity contribution in [1.82, 2.24) is 14.7 Å². The number of aliphatic hydroxyl groups excluding tert-OH is 1. The second kappa shape index (κ2) is 13.4. The minimum absolute atomic E-state index is 0.0794. The van der Waals surface area contributed by atoms with Crippen molar-refractivity contribution >= 4 is 33.7 Å². The van der Waals surface area contributed by atoms with Gasteiger partial charge in [-0.1, -0.05) is 85.6 Å². The van der Waals surface area contributed by atoms with Crippen LogP contribution in [-0.4, -0.2) is 91.9 Å².